The van der Waals surface area contributed by atoms with Crippen molar-refractivity contribution in [2.45, 2.75) is 51.7 Å². The molecule has 130 valence electrons. The third-order valence-electron chi connectivity index (χ3n) is 3.60. The molecule has 1 aliphatic rings. The van der Waals surface area contributed by atoms with Crippen LogP contribution in [-0.4, -0.2) is 31.9 Å². The first-order chi connectivity index (χ1) is 11.4. The monoisotopic (exact) mass is 325 g/mol. The van der Waals surface area contributed by atoms with Crippen LogP contribution in [0.2, 0.25) is 0 Å². The van der Waals surface area contributed by atoms with Crippen molar-refractivity contribution < 1.29 is 15.3 Å². The Bertz CT molecular complexity index is 500. The number of rotatable bonds is 3. The predicted octanol–water partition coefficient (Wildman–Crippen LogP) is 3.76. The van der Waals surface area contributed by atoms with Gasteiger partial charge < -0.3 is 15.4 Å². The van der Waals surface area contributed by atoms with Gasteiger partial charge in [-0.1, -0.05) is 24.3 Å². The summed E-state index contributed by atoms with van der Waals surface area (Å²) in [5, 5.41) is 6.20. The van der Waals surface area contributed by atoms with E-state index in [1.165, 1.54) is 18.4 Å². The summed E-state index contributed by atoms with van der Waals surface area (Å²) in [5.41, 5.74) is 2.04. The highest BCUT2D eigenvalue weighted by Gasteiger charge is 2.17. The molecule has 5 heteroatoms. The molecule has 0 atom stereocenters. The Morgan fingerprint density at radius 1 is 1.43 bits per heavy atom. The van der Waals surface area contributed by atoms with E-state index in [-0.39, 0.29) is 6.09 Å². The van der Waals surface area contributed by atoms with Gasteiger partial charge in [-0.25, -0.2) is 4.79 Å². The molecule has 1 amide bonds. The van der Waals surface area contributed by atoms with Gasteiger partial charge in [-0.3, -0.25) is 4.39 Å². The van der Waals surface area contributed by atoms with Crippen LogP contribution in [0.3, 0.4) is 0 Å². The number of halogens is 1. The highest BCUT2D eigenvalue weighted by molar-refractivity contribution is 5.67. The number of hydrogen-bond acceptors (Lipinski definition) is 3. The minimum Gasteiger partial charge on any atom is -0.444 e. The van der Waals surface area contributed by atoms with E-state index in [0.717, 1.165) is 18.7 Å². The summed E-state index contributed by atoms with van der Waals surface area (Å²) < 4.78 is 20.7. The predicted molar refractivity (Wildman–Crippen MR) is 91.4 cm³/mol. The lowest BCUT2D eigenvalue weighted by Crippen LogP contribution is -2.32. The summed E-state index contributed by atoms with van der Waals surface area (Å²) in [6, 6.07) is 8.51. The van der Waals surface area contributed by atoms with Crippen molar-refractivity contribution in [2.24, 2.45) is 0 Å². The quantitative estimate of drug-likeness (QED) is 0.889. The maximum atomic E-state index is 11.7. The van der Waals surface area contributed by atoms with Crippen LogP contribution in [-0.2, 0) is 11.3 Å². The minimum atomic E-state index is -1.00. The van der Waals surface area contributed by atoms with Gasteiger partial charge in [0.05, 0.1) is 8.52 Å². The molecule has 0 unspecified atom stereocenters. The van der Waals surface area contributed by atoms with Crippen molar-refractivity contribution in [3.63, 3.8) is 0 Å². The van der Waals surface area contributed by atoms with Crippen molar-refractivity contribution in [1.82, 2.24) is 10.6 Å². The fourth-order valence-corrected chi connectivity index (χ4v) is 2.60. The smallest absolute Gasteiger partial charge is 0.407 e. The first-order valence-electron chi connectivity index (χ1n) is 8.68. The Hall–Kier alpha value is -1.62. The van der Waals surface area contributed by atoms with Gasteiger partial charge in [0.25, 0.3) is 0 Å². The number of amides is 1. The number of piperidine rings is 1. The van der Waals surface area contributed by atoms with Gasteiger partial charge in [0, 0.05) is 6.54 Å². The van der Waals surface area contributed by atoms with Crippen molar-refractivity contribution >= 4 is 6.09 Å². The Labute approximate surface area is 140 Å². The van der Waals surface area contributed by atoms with Crippen LogP contribution in [0.4, 0.5) is 9.18 Å². The minimum absolute atomic E-state index is 0.366. The van der Waals surface area contributed by atoms with Crippen molar-refractivity contribution in [1.29, 1.82) is 0 Å². The Morgan fingerprint density at radius 2 is 2.09 bits per heavy atom. The van der Waals surface area contributed by atoms with Gasteiger partial charge in [-0.2, -0.15) is 0 Å². The molecule has 1 heterocycles. The number of alkyl halides is 1. The van der Waals surface area contributed by atoms with Gasteiger partial charge >= 0.3 is 6.09 Å². The summed E-state index contributed by atoms with van der Waals surface area (Å²) in [4.78, 5) is 11.7. The fourth-order valence-electron chi connectivity index (χ4n) is 2.60. The molecule has 0 aliphatic carbocycles. The highest BCUT2D eigenvalue weighted by atomic mass is 19.1. The maximum absolute atomic E-state index is 11.7. The van der Waals surface area contributed by atoms with Gasteiger partial charge in [0.15, 0.2) is 0 Å². The number of alkyl carbamates (subject to hydrolysis) is 1. The van der Waals surface area contributed by atoms with E-state index in [9.17, 15) is 9.18 Å². The molecule has 2 N–H and O–H groups in total. The summed E-state index contributed by atoms with van der Waals surface area (Å²) in [6.07, 6.45) is 2.00. The SMILES string of the molecule is CC(C)(C)OC(=O)NCc1cccc(C2CCNCC2)c1.[2H]CF. The van der Waals surface area contributed by atoms with Crippen LogP contribution < -0.4 is 10.6 Å². The number of ether oxygens (including phenoxy) is 1. The van der Waals surface area contributed by atoms with Crippen molar-refractivity contribution in [3.05, 3.63) is 35.4 Å². The zero-order valence-electron chi connectivity index (χ0n) is 15.3. The topological polar surface area (TPSA) is 50.4 Å². The second kappa shape index (κ2) is 9.50. The standard InChI is InChI=1S/C17H26N2O2.CH3F/c1-17(2,3)21-16(20)19-12-13-5-4-6-15(11-13)14-7-9-18-10-8-14;1-2/h4-6,11,14,18H,7-10,12H2,1-3H3,(H,19,20);1H3/i;1D. The number of nitrogens with one attached hydrogen (secondary N) is 2. The first kappa shape index (κ1) is 17.7. The second-order valence-corrected chi connectivity index (χ2v) is 6.62. The molecule has 1 aromatic rings. The fraction of sp³-hybridized carbons (Fsp3) is 0.611. The summed E-state index contributed by atoms with van der Waals surface area (Å²) in [5.74, 6) is 0.632. The highest BCUT2D eigenvalue weighted by Crippen LogP contribution is 2.25. The zero-order chi connectivity index (χ0) is 18.0. The molecular weight excluding hydrogens is 295 g/mol. The molecule has 0 saturated carbocycles. The lowest BCUT2D eigenvalue weighted by atomic mass is 9.89. The first-order valence-corrected chi connectivity index (χ1v) is 7.97. The van der Waals surface area contributed by atoms with Gasteiger partial charge in [0.1, 0.15) is 5.60 Å². The Morgan fingerprint density at radius 3 is 2.70 bits per heavy atom. The molecule has 2 rings (SSSR count). The third kappa shape index (κ3) is 7.46. The average Bonchev–Trinajstić information content (AvgIpc) is 2.53. The van der Waals surface area contributed by atoms with Gasteiger partial charge in [0.2, 0.25) is 0 Å². The number of hydrogen-bond donors (Lipinski definition) is 2. The molecule has 0 bridgehead atoms. The van der Waals surface area contributed by atoms with E-state index < -0.39 is 12.8 Å². The molecule has 1 aliphatic heterocycles. The molecule has 0 aromatic heterocycles. The molecular formula is C18H29FN2O2. The van der Waals surface area contributed by atoms with Crippen molar-refractivity contribution in [2.75, 3.05) is 20.2 Å². The average molecular weight is 325 g/mol. The van der Waals surface area contributed by atoms with Gasteiger partial charge in [-0.15, -0.1) is 0 Å². The molecule has 1 fully saturated rings. The van der Waals surface area contributed by atoms with E-state index in [1.807, 2.05) is 26.8 Å². The maximum Gasteiger partial charge on any atom is 0.407 e. The lowest BCUT2D eigenvalue weighted by molar-refractivity contribution is 0.0523. The van der Waals surface area contributed by atoms with Crippen LogP contribution in [0.1, 0.15) is 52.0 Å². The number of benzene rings is 1. The number of carbonyl (C=O) groups excluding carboxylic acids is 1. The molecule has 0 spiro atoms. The summed E-state index contributed by atoms with van der Waals surface area (Å²) in [6.45, 7) is 8.28. The van der Waals surface area contributed by atoms with Crippen LogP contribution in [0.25, 0.3) is 0 Å². The van der Waals surface area contributed by atoms with E-state index in [1.54, 1.807) is 0 Å². The second-order valence-electron chi connectivity index (χ2n) is 6.62. The molecule has 1 aromatic carbocycles. The molecule has 4 nitrogen and oxygen atoms in total. The van der Waals surface area contributed by atoms with Crippen LogP contribution in [0, 0.1) is 0 Å². The van der Waals surface area contributed by atoms with Crippen LogP contribution >= 0.6 is 0 Å². The van der Waals surface area contributed by atoms with E-state index in [4.69, 9.17) is 6.11 Å². The summed E-state index contributed by atoms with van der Waals surface area (Å²) in [7, 11) is -1.00. The van der Waals surface area contributed by atoms with E-state index >= 15 is 0 Å². The van der Waals surface area contributed by atoms with Gasteiger partial charge in [-0.05, 0) is 63.7 Å². The van der Waals surface area contributed by atoms with E-state index in [0.29, 0.717) is 12.5 Å². The van der Waals surface area contributed by atoms with Crippen LogP contribution in [0.5, 0.6) is 0 Å². The van der Waals surface area contributed by atoms with Crippen LogP contribution in [0.15, 0.2) is 24.3 Å². The molecule has 0 radical (unpaired) electrons. The van der Waals surface area contributed by atoms with Crippen molar-refractivity contribution in [3.8, 4) is 0 Å². The molecule has 23 heavy (non-hydrogen) atoms. The van der Waals surface area contributed by atoms with E-state index in [2.05, 4.69) is 28.8 Å². The third-order valence-corrected chi connectivity index (χ3v) is 3.60. The largest absolute Gasteiger partial charge is 0.444 e. The zero-order valence-corrected chi connectivity index (χ0v) is 14.3. The number of carbonyl (C=O) groups is 1. The molecule has 1 saturated heterocycles. The Balaban J connectivity index is 0.000000891. The Kier molecular flexibility index (Phi) is 7.33. The normalized spacial score (nSPS) is 15.9. The summed E-state index contributed by atoms with van der Waals surface area (Å²) >= 11 is 0. The lowest BCUT2D eigenvalue weighted by Gasteiger charge is -2.23.